The lowest BCUT2D eigenvalue weighted by atomic mass is 10.4. The lowest BCUT2D eigenvalue weighted by Crippen LogP contribution is -2.41. The first-order valence-corrected chi connectivity index (χ1v) is 5.50. The number of pyridine rings is 1. The summed E-state index contributed by atoms with van der Waals surface area (Å²) in [4.78, 5) is 17.6. The molecule has 1 fully saturated rings. The molecule has 86 valence electrons. The molecule has 1 aliphatic carbocycles. The lowest BCUT2D eigenvalue weighted by molar-refractivity contribution is 0.246. The SMILES string of the molecule is CCN(C(=O)NC1CC1)c1ccc(N)cn1. The fraction of sp³-hybridized carbons (Fsp3) is 0.455. The van der Waals surface area contributed by atoms with Crippen LogP contribution in [0.4, 0.5) is 16.3 Å². The molecule has 0 aromatic carbocycles. The molecule has 0 unspecified atom stereocenters. The quantitative estimate of drug-likeness (QED) is 0.808. The van der Waals surface area contributed by atoms with E-state index in [-0.39, 0.29) is 6.03 Å². The number of aromatic nitrogens is 1. The minimum atomic E-state index is -0.0812. The molecule has 2 rings (SSSR count). The third-order valence-electron chi connectivity index (χ3n) is 2.51. The van der Waals surface area contributed by atoms with Crippen molar-refractivity contribution in [3.05, 3.63) is 18.3 Å². The Hall–Kier alpha value is -1.78. The van der Waals surface area contributed by atoms with Crippen molar-refractivity contribution in [2.45, 2.75) is 25.8 Å². The number of nitrogen functional groups attached to an aromatic ring is 1. The Kier molecular flexibility index (Phi) is 2.94. The fourth-order valence-corrected chi connectivity index (χ4v) is 1.45. The maximum Gasteiger partial charge on any atom is 0.323 e. The minimum absolute atomic E-state index is 0.0812. The maximum absolute atomic E-state index is 11.9. The summed E-state index contributed by atoms with van der Waals surface area (Å²) in [6, 6.07) is 3.78. The van der Waals surface area contributed by atoms with E-state index in [1.807, 2.05) is 6.92 Å². The number of hydrogen-bond donors (Lipinski definition) is 2. The molecule has 1 aliphatic rings. The van der Waals surface area contributed by atoms with Crippen LogP contribution in [0.1, 0.15) is 19.8 Å². The molecule has 0 aliphatic heterocycles. The van der Waals surface area contributed by atoms with Gasteiger partial charge in [0.1, 0.15) is 5.82 Å². The Morgan fingerprint density at radius 2 is 2.38 bits per heavy atom. The Morgan fingerprint density at radius 3 is 2.88 bits per heavy atom. The highest BCUT2D eigenvalue weighted by molar-refractivity contribution is 5.91. The van der Waals surface area contributed by atoms with Crippen LogP contribution < -0.4 is 16.0 Å². The summed E-state index contributed by atoms with van der Waals surface area (Å²) in [6.07, 6.45) is 3.72. The molecule has 0 saturated heterocycles. The molecule has 5 heteroatoms. The van der Waals surface area contributed by atoms with Crippen molar-refractivity contribution in [1.29, 1.82) is 0 Å². The van der Waals surface area contributed by atoms with Crippen molar-refractivity contribution >= 4 is 17.5 Å². The predicted molar refractivity (Wildman–Crippen MR) is 63.2 cm³/mol. The predicted octanol–water partition coefficient (Wildman–Crippen LogP) is 1.36. The number of carbonyl (C=O) groups is 1. The van der Waals surface area contributed by atoms with Crippen molar-refractivity contribution in [2.24, 2.45) is 0 Å². The van der Waals surface area contributed by atoms with Gasteiger partial charge in [-0.15, -0.1) is 0 Å². The monoisotopic (exact) mass is 220 g/mol. The van der Waals surface area contributed by atoms with E-state index >= 15 is 0 Å². The minimum Gasteiger partial charge on any atom is -0.397 e. The van der Waals surface area contributed by atoms with Gasteiger partial charge in [0.15, 0.2) is 0 Å². The zero-order valence-electron chi connectivity index (χ0n) is 9.31. The second-order valence-corrected chi connectivity index (χ2v) is 3.92. The van der Waals surface area contributed by atoms with E-state index in [0.717, 1.165) is 12.8 Å². The highest BCUT2D eigenvalue weighted by atomic mass is 16.2. The number of amides is 2. The second kappa shape index (κ2) is 4.38. The van der Waals surface area contributed by atoms with Crippen LogP contribution in [0.3, 0.4) is 0 Å². The molecule has 3 N–H and O–H groups in total. The molecule has 0 atom stereocenters. The molecule has 2 amide bonds. The van der Waals surface area contributed by atoms with Crippen molar-refractivity contribution in [2.75, 3.05) is 17.2 Å². The molecule has 1 saturated carbocycles. The van der Waals surface area contributed by atoms with Gasteiger partial charge >= 0.3 is 6.03 Å². The van der Waals surface area contributed by atoms with Gasteiger partial charge in [-0.25, -0.2) is 9.78 Å². The van der Waals surface area contributed by atoms with Gasteiger partial charge in [-0.1, -0.05) is 0 Å². The number of rotatable bonds is 3. The van der Waals surface area contributed by atoms with E-state index in [1.54, 1.807) is 23.2 Å². The zero-order chi connectivity index (χ0) is 11.5. The standard InChI is InChI=1S/C11H16N4O/c1-2-15(11(16)14-9-4-5-9)10-6-3-8(12)7-13-10/h3,6-7,9H,2,4-5,12H2,1H3,(H,14,16). The third kappa shape index (κ3) is 2.42. The molecular weight excluding hydrogens is 204 g/mol. The Balaban J connectivity index is 2.07. The number of nitrogens with zero attached hydrogens (tertiary/aromatic N) is 2. The largest absolute Gasteiger partial charge is 0.397 e. The van der Waals surface area contributed by atoms with Crippen molar-refractivity contribution in [3.8, 4) is 0 Å². The maximum atomic E-state index is 11.9. The van der Waals surface area contributed by atoms with E-state index < -0.39 is 0 Å². The van der Waals surface area contributed by atoms with E-state index in [9.17, 15) is 4.79 Å². The molecule has 16 heavy (non-hydrogen) atoms. The molecule has 1 aromatic heterocycles. The van der Waals surface area contributed by atoms with Gasteiger partial charge in [-0.3, -0.25) is 4.90 Å². The van der Waals surface area contributed by atoms with Crippen molar-refractivity contribution in [3.63, 3.8) is 0 Å². The van der Waals surface area contributed by atoms with Crippen LogP contribution in [0.5, 0.6) is 0 Å². The van der Waals surface area contributed by atoms with Gasteiger partial charge < -0.3 is 11.1 Å². The Labute approximate surface area is 94.6 Å². The molecule has 0 spiro atoms. The first kappa shape index (κ1) is 10.7. The van der Waals surface area contributed by atoms with Crippen molar-refractivity contribution < 1.29 is 4.79 Å². The second-order valence-electron chi connectivity index (χ2n) is 3.92. The van der Waals surface area contributed by atoms with Gasteiger partial charge in [0.05, 0.1) is 11.9 Å². The average molecular weight is 220 g/mol. The van der Waals surface area contributed by atoms with Crippen LogP contribution in [0, 0.1) is 0 Å². The van der Waals surface area contributed by atoms with Crippen LogP contribution in [0.2, 0.25) is 0 Å². The van der Waals surface area contributed by atoms with Gasteiger partial charge in [0.2, 0.25) is 0 Å². The van der Waals surface area contributed by atoms with Crippen LogP contribution in [-0.2, 0) is 0 Å². The smallest absolute Gasteiger partial charge is 0.323 e. The highest BCUT2D eigenvalue weighted by Gasteiger charge is 2.26. The summed E-state index contributed by atoms with van der Waals surface area (Å²) in [5.74, 6) is 0.634. The third-order valence-corrected chi connectivity index (χ3v) is 2.51. The average Bonchev–Trinajstić information content (AvgIpc) is 3.06. The first-order valence-electron chi connectivity index (χ1n) is 5.50. The van der Waals surface area contributed by atoms with E-state index in [4.69, 9.17) is 5.73 Å². The number of carbonyl (C=O) groups excluding carboxylic acids is 1. The van der Waals surface area contributed by atoms with Crippen LogP contribution >= 0.6 is 0 Å². The van der Waals surface area contributed by atoms with Gasteiger partial charge in [-0.05, 0) is 31.9 Å². The van der Waals surface area contributed by atoms with Gasteiger partial charge in [0.25, 0.3) is 0 Å². The van der Waals surface area contributed by atoms with E-state index in [0.29, 0.717) is 24.1 Å². The molecule has 0 bridgehead atoms. The molecular formula is C11H16N4O. The summed E-state index contributed by atoms with van der Waals surface area (Å²) < 4.78 is 0. The molecule has 1 heterocycles. The van der Waals surface area contributed by atoms with E-state index in [1.165, 1.54) is 0 Å². The number of anilines is 2. The van der Waals surface area contributed by atoms with Gasteiger partial charge in [0, 0.05) is 12.6 Å². The first-order chi connectivity index (χ1) is 7.70. The summed E-state index contributed by atoms with van der Waals surface area (Å²) in [5, 5.41) is 2.93. The number of urea groups is 1. The fourth-order valence-electron chi connectivity index (χ4n) is 1.45. The zero-order valence-corrected chi connectivity index (χ0v) is 9.31. The Morgan fingerprint density at radius 1 is 1.62 bits per heavy atom. The molecule has 5 nitrogen and oxygen atoms in total. The number of nitrogens with one attached hydrogen (secondary N) is 1. The van der Waals surface area contributed by atoms with Crippen LogP contribution in [0.15, 0.2) is 18.3 Å². The summed E-state index contributed by atoms with van der Waals surface area (Å²) in [5.41, 5.74) is 6.15. The summed E-state index contributed by atoms with van der Waals surface area (Å²) in [6.45, 7) is 2.51. The lowest BCUT2D eigenvalue weighted by Gasteiger charge is -2.20. The molecule has 0 radical (unpaired) electrons. The normalized spacial score (nSPS) is 14.6. The van der Waals surface area contributed by atoms with Crippen LogP contribution in [0.25, 0.3) is 0 Å². The van der Waals surface area contributed by atoms with E-state index in [2.05, 4.69) is 10.3 Å². The number of hydrogen-bond acceptors (Lipinski definition) is 3. The van der Waals surface area contributed by atoms with Crippen molar-refractivity contribution in [1.82, 2.24) is 10.3 Å². The topological polar surface area (TPSA) is 71.2 Å². The van der Waals surface area contributed by atoms with Gasteiger partial charge in [-0.2, -0.15) is 0 Å². The summed E-state index contributed by atoms with van der Waals surface area (Å²) >= 11 is 0. The van der Waals surface area contributed by atoms with Crippen LogP contribution in [-0.4, -0.2) is 23.6 Å². The Bertz CT molecular complexity index is 372. The summed E-state index contributed by atoms with van der Waals surface area (Å²) in [7, 11) is 0. The molecule has 1 aromatic rings. The highest BCUT2D eigenvalue weighted by Crippen LogP contribution is 2.20. The number of nitrogens with two attached hydrogens (primary N) is 1.